The monoisotopic (exact) mass is 318 g/mol. The highest BCUT2D eigenvalue weighted by Gasteiger charge is 2.35. The smallest absolute Gasteiger partial charge is 0.282 e. The van der Waals surface area contributed by atoms with Crippen LogP contribution in [0, 0.1) is 6.92 Å². The summed E-state index contributed by atoms with van der Waals surface area (Å²) in [6.45, 7) is 7.07. The number of aryl methyl sites for hydroxylation is 1. The Bertz CT molecular complexity index is 556. The van der Waals surface area contributed by atoms with Crippen LogP contribution in [0.1, 0.15) is 24.3 Å². The number of hydrogen-bond donors (Lipinski definition) is 0. The van der Waals surface area contributed by atoms with Crippen molar-refractivity contribution < 1.29 is 13.2 Å². The Labute approximate surface area is 125 Å². The minimum Gasteiger partial charge on any atom is -0.375 e. The molecule has 0 unspecified atom stereocenters. The van der Waals surface area contributed by atoms with Gasteiger partial charge in [0.25, 0.3) is 10.2 Å². The zero-order valence-corrected chi connectivity index (χ0v) is 14.0. The van der Waals surface area contributed by atoms with Crippen LogP contribution < -0.4 is 0 Å². The molecule has 1 fully saturated rings. The van der Waals surface area contributed by atoms with Crippen LogP contribution in [0.5, 0.6) is 0 Å². The molecule has 2 rings (SSSR count). The van der Waals surface area contributed by atoms with Crippen molar-refractivity contribution in [1.29, 1.82) is 0 Å². The van der Waals surface area contributed by atoms with Crippen molar-refractivity contribution in [2.45, 2.75) is 39.5 Å². The lowest BCUT2D eigenvalue weighted by molar-refractivity contribution is -0.0188. The lowest BCUT2D eigenvalue weighted by Crippen LogP contribution is -2.53. The summed E-state index contributed by atoms with van der Waals surface area (Å²) in [6, 6.07) is 1.89. The minimum atomic E-state index is -3.44. The number of ether oxygens (including phenoxy) is 1. The Morgan fingerprint density at radius 2 is 2.20 bits per heavy atom. The average molecular weight is 318 g/mol. The van der Waals surface area contributed by atoms with Crippen molar-refractivity contribution in [2.24, 2.45) is 0 Å². The molecule has 2 heterocycles. The summed E-state index contributed by atoms with van der Waals surface area (Å²) >= 11 is 1.59. The first-order valence-electron chi connectivity index (χ1n) is 6.70. The van der Waals surface area contributed by atoms with Crippen LogP contribution in [0.4, 0.5) is 0 Å². The number of morpholine rings is 1. The van der Waals surface area contributed by atoms with Gasteiger partial charge in [0.2, 0.25) is 0 Å². The van der Waals surface area contributed by atoms with E-state index in [4.69, 9.17) is 4.74 Å². The molecule has 0 aromatic carbocycles. The van der Waals surface area contributed by atoms with Gasteiger partial charge in [-0.1, -0.05) is 0 Å². The van der Waals surface area contributed by atoms with E-state index in [-0.39, 0.29) is 12.1 Å². The summed E-state index contributed by atoms with van der Waals surface area (Å²) in [5.41, 5.74) is 1.14. The number of hydrogen-bond acceptors (Lipinski definition) is 4. The van der Waals surface area contributed by atoms with E-state index >= 15 is 0 Å². The molecule has 1 aliphatic heterocycles. The first kappa shape index (κ1) is 15.9. The molecule has 0 spiro atoms. The second-order valence-corrected chi connectivity index (χ2v) is 8.34. The van der Waals surface area contributed by atoms with Crippen LogP contribution in [0.15, 0.2) is 11.4 Å². The Balaban J connectivity index is 2.14. The van der Waals surface area contributed by atoms with Gasteiger partial charge < -0.3 is 4.74 Å². The molecule has 0 aliphatic carbocycles. The SMILES string of the molecule is Cc1ccsc1CN(C)S(=O)(=O)N1C[C@H](C)OC[C@@H]1C. The molecule has 0 N–H and O–H groups in total. The van der Waals surface area contributed by atoms with E-state index in [1.807, 2.05) is 32.2 Å². The summed E-state index contributed by atoms with van der Waals surface area (Å²) in [5.74, 6) is 0. The molecule has 2 atom stereocenters. The molecule has 5 nitrogen and oxygen atoms in total. The summed E-state index contributed by atoms with van der Waals surface area (Å²) in [4.78, 5) is 1.09. The molecular weight excluding hydrogens is 296 g/mol. The Kier molecular flexibility index (Phi) is 4.86. The zero-order chi connectivity index (χ0) is 14.9. The minimum absolute atomic E-state index is 0.0575. The molecule has 7 heteroatoms. The Morgan fingerprint density at radius 3 is 2.80 bits per heavy atom. The lowest BCUT2D eigenvalue weighted by Gasteiger charge is -2.37. The second-order valence-electron chi connectivity index (χ2n) is 5.35. The van der Waals surface area contributed by atoms with Crippen molar-refractivity contribution >= 4 is 21.5 Å². The Hall–Kier alpha value is -0.470. The molecular formula is C13H22N2O3S2. The second kappa shape index (κ2) is 6.11. The van der Waals surface area contributed by atoms with Gasteiger partial charge in [0, 0.05) is 31.1 Å². The number of thiophene rings is 1. The zero-order valence-electron chi connectivity index (χ0n) is 12.4. The van der Waals surface area contributed by atoms with E-state index in [1.54, 1.807) is 22.7 Å². The number of rotatable bonds is 4. The van der Waals surface area contributed by atoms with E-state index in [0.29, 0.717) is 19.7 Å². The average Bonchev–Trinajstić information content (AvgIpc) is 2.78. The van der Waals surface area contributed by atoms with Crippen LogP contribution in [0.25, 0.3) is 0 Å². The standard InChI is InChI=1S/C13H22N2O3S2/c1-10-5-6-19-13(10)8-14(4)20(16,17)15-7-12(3)18-9-11(15)2/h5-6,11-12H,7-9H2,1-4H3/t11-,12-/m0/s1. The van der Waals surface area contributed by atoms with Gasteiger partial charge in [-0.2, -0.15) is 17.0 Å². The lowest BCUT2D eigenvalue weighted by atomic mass is 10.2. The number of nitrogens with zero attached hydrogens (tertiary/aromatic N) is 2. The molecule has 1 aromatic heterocycles. The quantitative estimate of drug-likeness (QED) is 0.851. The predicted octanol–water partition coefficient (Wildman–Crippen LogP) is 1.84. The van der Waals surface area contributed by atoms with Gasteiger partial charge in [-0.25, -0.2) is 0 Å². The van der Waals surface area contributed by atoms with E-state index in [9.17, 15) is 8.42 Å². The van der Waals surface area contributed by atoms with Gasteiger partial charge in [0.1, 0.15) is 0 Å². The third-order valence-corrected chi connectivity index (χ3v) is 6.60. The molecule has 0 amide bonds. The van der Waals surface area contributed by atoms with Gasteiger partial charge in [-0.3, -0.25) is 0 Å². The van der Waals surface area contributed by atoms with Gasteiger partial charge in [0.05, 0.1) is 12.7 Å². The summed E-state index contributed by atoms with van der Waals surface area (Å²) in [7, 11) is -1.80. The van der Waals surface area contributed by atoms with Gasteiger partial charge in [0.15, 0.2) is 0 Å². The van der Waals surface area contributed by atoms with E-state index in [1.165, 1.54) is 4.31 Å². The van der Waals surface area contributed by atoms with Crippen molar-refractivity contribution in [2.75, 3.05) is 20.2 Å². The summed E-state index contributed by atoms with van der Waals surface area (Å²) < 4.78 is 33.8. The van der Waals surface area contributed by atoms with Gasteiger partial charge in [-0.15, -0.1) is 11.3 Å². The maximum absolute atomic E-state index is 12.7. The molecule has 0 radical (unpaired) electrons. The highest BCUT2D eigenvalue weighted by molar-refractivity contribution is 7.86. The van der Waals surface area contributed by atoms with Crippen LogP contribution >= 0.6 is 11.3 Å². The van der Waals surface area contributed by atoms with Crippen molar-refractivity contribution in [3.63, 3.8) is 0 Å². The Morgan fingerprint density at radius 1 is 1.50 bits per heavy atom. The highest BCUT2D eigenvalue weighted by Crippen LogP contribution is 2.22. The van der Waals surface area contributed by atoms with Crippen LogP contribution in [0.2, 0.25) is 0 Å². The fourth-order valence-corrected chi connectivity index (χ4v) is 4.83. The molecule has 20 heavy (non-hydrogen) atoms. The van der Waals surface area contributed by atoms with Crippen LogP contribution in [0.3, 0.4) is 0 Å². The molecule has 1 aliphatic rings. The van der Waals surface area contributed by atoms with E-state index < -0.39 is 10.2 Å². The van der Waals surface area contributed by atoms with Crippen molar-refractivity contribution in [1.82, 2.24) is 8.61 Å². The van der Waals surface area contributed by atoms with Gasteiger partial charge >= 0.3 is 0 Å². The maximum Gasteiger partial charge on any atom is 0.282 e. The first-order valence-corrected chi connectivity index (χ1v) is 8.97. The maximum atomic E-state index is 12.7. The van der Waals surface area contributed by atoms with Crippen molar-refractivity contribution in [3.8, 4) is 0 Å². The van der Waals surface area contributed by atoms with E-state index in [0.717, 1.165) is 10.4 Å². The van der Waals surface area contributed by atoms with Gasteiger partial charge in [-0.05, 0) is 37.8 Å². The van der Waals surface area contributed by atoms with Crippen LogP contribution in [-0.4, -0.2) is 49.4 Å². The third kappa shape index (κ3) is 3.23. The molecule has 0 bridgehead atoms. The fourth-order valence-electron chi connectivity index (χ4n) is 2.22. The predicted molar refractivity (Wildman–Crippen MR) is 81.0 cm³/mol. The third-order valence-electron chi connectivity index (χ3n) is 3.58. The van der Waals surface area contributed by atoms with Crippen LogP contribution in [-0.2, 0) is 21.5 Å². The summed E-state index contributed by atoms with van der Waals surface area (Å²) in [5, 5.41) is 1.99. The highest BCUT2D eigenvalue weighted by atomic mass is 32.2. The molecule has 1 aromatic rings. The fraction of sp³-hybridized carbons (Fsp3) is 0.692. The summed E-state index contributed by atoms with van der Waals surface area (Å²) in [6.07, 6.45) is -0.0575. The van der Waals surface area contributed by atoms with Crippen molar-refractivity contribution in [3.05, 3.63) is 21.9 Å². The largest absolute Gasteiger partial charge is 0.375 e. The van der Waals surface area contributed by atoms with E-state index in [2.05, 4.69) is 0 Å². The normalized spacial score (nSPS) is 25.2. The first-order chi connectivity index (χ1) is 9.32. The molecule has 1 saturated heterocycles. The topological polar surface area (TPSA) is 49.9 Å². The molecule has 0 saturated carbocycles. The molecule has 114 valence electrons.